The summed E-state index contributed by atoms with van der Waals surface area (Å²) in [7, 11) is 0. The molecule has 1 aliphatic heterocycles. The maximum atomic E-state index is 12.0. The van der Waals surface area contributed by atoms with Gasteiger partial charge in [-0.3, -0.25) is 9.59 Å². The van der Waals surface area contributed by atoms with Crippen LogP contribution in [0.1, 0.15) is 31.2 Å². The zero-order chi connectivity index (χ0) is 18.4. The third-order valence-corrected chi connectivity index (χ3v) is 4.34. The summed E-state index contributed by atoms with van der Waals surface area (Å²) >= 11 is 0. The highest BCUT2D eigenvalue weighted by molar-refractivity contribution is 5.96. The molecule has 1 aliphatic rings. The smallest absolute Gasteiger partial charge is 0.227 e. The molecule has 26 heavy (non-hydrogen) atoms. The number of benzene rings is 2. The van der Waals surface area contributed by atoms with Crippen molar-refractivity contribution in [2.75, 3.05) is 23.4 Å². The van der Waals surface area contributed by atoms with E-state index in [4.69, 9.17) is 4.74 Å². The zero-order valence-electron chi connectivity index (χ0n) is 15.0. The molecule has 5 nitrogen and oxygen atoms in total. The largest absolute Gasteiger partial charge is 0.494 e. The molecule has 0 aliphatic carbocycles. The lowest BCUT2D eigenvalue weighted by Crippen LogP contribution is -2.23. The number of carbonyl (C=O) groups excluding carboxylic acids is 2. The third-order valence-electron chi connectivity index (χ3n) is 4.34. The molecule has 1 saturated heterocycles. The number of carbonyl (C=O) groups is 2. The van der Waals surface area contributed by atoms with Crippen LogP contribution in [0.25, 0.3) is 0 Å². The Morgan fingerprint density at radius 1 is 1.19 bits per heavy atom. The van der Waals surface area contributed by atoms with Crippen molar-refractivity contribution in [3.05, 3.63) is 54.1 Å². The Bertz CT molecular complexity index is 771. The molecular formula is C21H24N2O3. The van der Waals surface area contributed by atoms with Crippen molar-refractivity contribution in [2.45, 2.75) is 32.6 Å². The number of ether oxygens (including phenoxy) is 1. The molecule has 0 bridgehead atoms. The highest BCUT2D eigenvalue weighted by atomic mass is 16.5. The monoisotopic (exact) mass is 352 g/mol. The Balaban J connectivity index is 1.41. The molecule has 1 fully saturated rings. The first-order valence-electron chi connectivity index (χ1n) is 9.01. The quantitative estimate of drug-likeness (QED) is 0.769. The highest BCUT2D eigenvalue weighted by Crippen LogP contribution is 2.23. The second kappa shape index (κ2) is 8.52. The van der Waals surface area contributed by atoms with Gasteiger partial charge in [-0.25, -0.2) is 0 Å². The van der Waals surface area contributed by atoms with E-state index in [-0.39, 0.29) is 11.8 Å². The van der Waals surface area contributed by atoms with Crippen LogP contribution in [0.5, 0.6) is 5.75 Å². The number of rotatable bonds is 7. The van der Waals surface area contributed by atoms with Crippen LogP contribution in [-0.2, 0) is 9.59 Å². The lowest BCUT2D eigenvalue weighted by atomic mass is 10.2. The van der Waals surface area contributed by atoms with Crippen molar-refractivity contribution in [1.82, 2.24) is 0 Å². The van der Waals surface area contributed by atoms with Crippen LogP contribution in [-0.4, -0.2) is 25.0 Å². The third kappa shape index (κ3) is 4.85. The molecule has 1 heterocycles. The maximum Gasteiger partial charge on any atom is 0.227 e. The number of aryl methyl sites for hydroxylation is 1. The summed E-state index contributed by atoms with van der Waals surface area (Å²) < 4.78 is 5.65. The normalized spacial score (nSPS) is 13.7. The van der Waals surface area contributed by atoms with Crippen molar-refractivity contribution < 1.29 is 14.3 Å². The van der Waals surface area contributed by atoms with Gasteiger partial charge in [-0.05, 0) is 61.7 Å². The van der Waals surface area contributed by atoms with Crippen molar-refractivity contribution >= 4 is 23.2 Å². The van der Waals surface area contributed by atoms with Crippen LogP contribution in [0.15, 0.2) is 48.5 Å². The summed E-state index contributed by atoms with van der Waals surface area (Å²) in [5, 5.41) is 2.88. The summed E-state index contributed by atoms with van der Waals surface area (Å²) in [6.45, 7) is 3.30. The number of nitrogens with zero attached hydrogens (tertiary/aromatic N) is 1. The van der Waals surface area contributed by atoms with Crippen LogP contribution < -0.4 is 15.0 Å². The maximum absolute atomic E-state index is 12.0. The summed E-state index contributed by atoms with van der Waals surface area (Å²) in [5.41, 5.74) is 2.78. The van der Waals surface area contributed by atoms with Crippen LogP contribution in [0.4, 0.5) is 11.4 Å². The van der Waals surface area contributed by atoms with Crippen LogP contribution in [0, 0.1) is 6.92 Å². The summed E-state index contributed by atoms with van der Waals surface area (Å²) in [5.74, 6) is 0.954. The Hall–Kier alpha value is -2.82. The van der Waals surface area contributed by atoms with Crippen molar-refractivity contribution in [3.63, 3.8) is 0 Å². The number of hydrogen-bond acceptors (Lipinski definition) is 3. The van der Waals surface area contributed by atoms with E-state index < -0.39 is 0 Å². The average Bonchev–Trinajstić information content (AvgIpc) is 3.05. The topological polar surface area (TPSA) is 58.6 Å². The van der Waals surface area contributed by atoms with Crippen molar-refractivity contribution in [2.24, 2.45) is 0 Å². The number of anilines is 2. The van der Waals surface area contributed by atoms with Crippen molar-refractivity contribution in [1.29, 1.82) is 0 Å². The van der Waals surface area contributed by atoms with Crippen LogP contribution >= 0.6 is 0 Å². The Labute approximate surface area is 154 Å². The van der Waals surface area contributed by atoms with E-state index in [0.717, 1.165) is 35.7 Å². The average molecular weight is 352 g/mol. The van der Waals surface area contributed by atoms with Gasteiger partial charge in [-0.1, -0.05) is 12.1 Å². The molecular weight excluding hydrogens is 328 g/mol. The molecule has 3 rings (SSSR count). The van der Waals surface area contributed by atoms with E-state index in [0.29, 0.717) is 25.9 Å². The van der Waals surface area contributed by atoms with Gasteiger partial charge >= 0.3 is 0 Å². The zero-order valence-corrected chi connectivity index (χ0v) is 15.0. The van der Waals surface area contributed by atoms with Gasteiger partial charge in [0.25, 0.3) is 0 Å². The Morgan fingerprint density at radius 3 is 2.69 bits per heavy atom. The second-order valence-corrected chi connectivity index (χ2v) is 6.51. The number of amides is 2. The minimum absolute atomic E-state index is 0.0390. The van der Waals surface area contributed by atoms with Crippen molar-refractivity contribution in [3.8, 4) is 5.75 Å². The minimum atomic E-state index is -0.0390. The molecule has 2 aromatic carbocycles. The first kappa shape index (κ1) is 18.0. The SMILES string of the molecule is Cc1cccc(OCCCC(=O)Nc2ccc(N3CCCC3=O)cc2)c1. The van der Waals surface area contributed by atoms with E-state index in [1.807, 2.05) is 55.5 Å². The lowest BCUT2D eigenvalue weighted by molar-refractivity contribution is -0.117. The fourth-order valence-corrected chi connectivity index (χ4v) is 3.00. The predicted octanol–water partition coefficient (Wildman–Crippen LogP) is 3.92. The molecule has 2 aromatic rings. The molecule has 0 radical (unpaired) electrons. The first-order valence-corrected chi connectivity index (χ1v) is 9.01. The van der Waals surface area contributed by atoms with Gasteiger partial charge in [-0.2, -0.15) is 0 Å². The Morgan fingerprint density at radius 2 is 2.00 bits per heavy atom. The predicted molar refractivity (Wildman–Crippen MR) is 103 cm³/mol. The standard InChI is InChI=1S/C21H24N2O3/c1-16-5-2-6-19(15-16)26-14-4-7-20(24)22-17-9-11-18(12-10-17)23-13-3-8-21(23)25/h2,5-6,9-12,15H,3-4,7-8,13-14H2,1H3,(H,22,24). The van der Waals surface area contributed by atoms with E-state index in [1.165, 1.54) is 0 Å². The molecule has 0 saturated carbocycles. The molecule has 0 unspecified atom stereocenters. The van der Waals surface area contributed by atoms with Gasteiger partial charge in [0.2, 0.25) is 11.8 Å². The van der Waals surface area contributed by atoms with E-state index >= 15 is 0 Å². The Kier molecular flexibility index (Phi) is 5.89. The molecule has 0 aromatic heterocycles. The van der Waals surface area contributed by atoms with Crippen LogP contribution in [0.3, 0.4) is 0 Å². The molecule has 0 atom stereocenters. The fourth-order valence-electron chi connectivity index (χ4n) is 3.00. The number of nitrogens with one attached hydrogen (secondary N) is 1. The second-order valence-electron chi connectivity index (χ2n) is 6.51. The molecule has 5 heteroatoms. The summed E-state index contributed by atoms with van der Waals surface area (Å²) in [6, 6.07) is 15.3. The van der Waals surface area contributed by atoms with Gasteiger partial charge in [0.05, 0.1) is 6.61 Å². The van der Waals surface area contributed by atoms with E-state index in [9.17, 15) is 9.59 Å². The number of hydrogen-bond donors (Lipinski definition) is 1. The van der Waals surface area contributed by atoms with Gasteiger partial charge in [0, 0.05) is 30.8 Å². The summed E-state index contributed by atoms with van der Waals surface area (Å²) in [6.07, 6.45) is 2.57. The fraction of sp³-hybridized carbons (Fsp3) is 0.333. The first-order chi connectivity index (χ1) is 12.6. The van der Waals surface area contributed by atoms with Gasteiger partial charge in [-0.15, -0.1) is 0 Å². The molecule has 1 N–H and O–H groups in total. The molecule has 136 valence electrons. The van der Waals surface area contributed by atoms with Gasteiger partial charge in [0.1, 0.15) is 5.75 Å². The molecule has 0 spiro atoms. The summed E-state index contributed by atoms with van der Waals surface area (Å²) in [4.78, 5) is 25.6. The molecule has 2 amide bonds. The highest BCUT2D eigenvalue weighted by Gasteiger charge is 2.21. The minimum Gasteiger partial charge on any atom is -0.494 e. The van der Waals surface area contributed by atoms with E-state index in [1.54, 1.807) is 4.90 Å². The lowest BCUT2D eigenvalue weighted by Gasteiger charge is -2.16. The van der Waals surface area contributed by atoms with E-state index in [2.05, 4.69) is 5.32 Å². The van der Waals surface area contributed by atoms with Gasteiger partial charge in [0.15, 0.2) is 0 Å². The van der Waals surface area contributed by atoms with Gasteiger partial charge < -0.3 is 15.0 Å². The van der Waals surface area contributed by atoms with Crippen LogP contribution in [0.2, 0.25) is 0 Å².